The summed E-state index contributed by atoms with van der Waals surface area (Å²) in [5.74, 6) is -1.17. The van der Waals surface area contributed by atoms with Crippen LogP contribution >= 0.6 is 0 Å². The Bertz CT molecular complexity index is 1300. The zero-order valence-electron chi connectivity index (χ0n) is 20.5. The molecule has 1 unspecified atom stereocenters. The van der Waals surface area contributed by atoms with E-state index in [2.05, 4.69) is 14.5 Å². The molecule has 2 fully saturated rings. The third kappa shape index (κ3) is 4.50. The van der Waals surface area contributed by atoms with E-state index in [9.17, 15) is 16.8 Å². The fraction of sp³-hybridized carbons (Fsp3) is 0.500. The van der Waals surface area contributed by atoms with Gasteiger partial charge in [-0.15, -0.1) is 0 Å². The monoisotopic (exact) mass is 536 g/mol. The number of nitrogens with zero attached hydrogens (tertiary/aromatic N) is 3. The Kier molecular flexibility index (Phi) is 6.77. The molecule has 2 aromatic carbocycles. The third-order valence-electron chi connectivity index (χ3n) is 6.82. The predicted molar refractivity (Wildman–Crippen MR) is 137 cm³/mol. The van der Waals surface area contributed by atoms with Crippen molar-refractivity contribution >= 4 is 31.4 Å². The summed E-state index contributed by atoms with van der Waals surface area (Å²) < 4.78 is 67.0. The second-order valence-corrected chi connectivity index (χ2v) is 12.9. The standard InChI is InChI=1S/C24H32N4O6S2/c1-3-12-28-23(24(33-17-18-34-24)21-6-4-5-7-22(21)36(28,31)32)27-15-13-26(14-16-27)20-10-8-19(9-11-20)25-35(2,29)30/h4-11,23,25H,3,12-18H2,1-2H3. The van der Waals surface area contributed by atoms with Gasteiger partial charge in [0.05, 0.1) is 24.4 Å². The Morgan fingerprint density at radius 1 is 1.00 bits per heavy atom. The average Bonchev–Trinajstić information content (AvgIpc) is 3.33. The molecule has 10 nitrogen and oxygen atoms in total. The van der Waals surface area contributed by atoms with Gasteiger partial charge in [0, 0.05) is 49.7 Å². The van der Waals surface area contributed by atoms with Crippen molar-refractivity contribution in [1.29, 1.82) is 0 Å². The number of fused-ring (bicyclic) bond motifs is 2. The molecule has 36 heavy (non-hydrogen) atoms. The minimum Gasteiger partial charge on any atom is -0.369 e. The highest BCUT2D eigenvalue weighted by Crippen LogP contribution is 2.47. The van der Waals surface area contributed by atoms with E-state index in [0.29, 0.717) is 63.6 Å². The molecular formula is C24H32N4O6S2. The van der Waals surface area contributed by atoms with Gasteiger partial charge in [0.2, 0.25) is 25.8 Å². The summed E-state index contributed by atoms with van der Waals surface area (Å²) in [6.07, 6.45) is 1.18. The van der Waals surface area contributed by atoms with Gasteiger partial charge in [-0.25, -0.2) is 16.8 Å². The molecule has 0 aromatic heterocycles. The lowest BCUT2D eigenvalue weighted by atomic mass is 10.00. The number of sulfonamides is 2. The summed E-state index contributed by atoms with van der Waals surface area (Å²) in [6.45, 7) is 5.71. The van der Waals surface area contributed by atoms with Crippen molar-refractivity contribution in [3.8, 4) is 0 Å². The molecule has 0 aliphatic carbocycles. The molecule has 1 spiro atoms. The topological polar surface area (TPSA) is 108 Å². The SMILES string of the molecule is CCCN1C(N2CCN(c3ccc(NS(C)(=O)=O)cc3)CC2)C2(OCCO2)c2ccccc2S1(=O)=O. The van der Waals surface area contributed by atoms with E-state index in [1.54, 1.807) is 34.6 Å². The van der Waals surface area contributed by atoms with Gasteiger partial charge in [0.15, 0.2) is 0 Å². The van der Waals surface area contributed by atoms with Gasteiger partial charge >= 0.3 is 0 Å². The second kappa shape index (κ2) is 9.58. The zero-order chi connectivity index (χ0) is 25.6. The first-order valence-corrected chi connectivity index (χ1v) is 15.4. The number of nitrogens with one attached hydrogen (secondary N) is 1. The Morgan fingerprint density at radius 3 is 2.25 bits per heavy atom. The maximum absolute atomic E-state index is 13.7. The Balaban J connectivity index is 1.42. The molecule has 2 aromatic rings. The first-order chi connectivity index (χ1) is 17.2. The van der Waals surface area contributed by atoms with E-state index >= 15 is 0 Å². The van der Waals surface area contributed by atoms with Crippen molar-refractivity contribution in [3.05, 3.63) is 54.1 Å². The van der Waals surface area contributed by atoms with Crippen LogP contribution in [0.4, 0.5) is 11.4 Å². The van der Waals surface area contributed by atoms with Crippen molar-refractivity contribution in [2.24, 2.45) is 0 Å². The van der Waals surface area contributed by atoms with Crippen LogP contribution in [-0.4, -0.2) is 84.4 Å². The fourth-order valence-electron chi connectivity index (χ4n) is 5.36. The minimum absolute atomic E-state index is 0.248. The van der Waals surface area contributed by atoms with Crippen LogP contribution in [0.25, 0.3) is 0 Å². The summed E-state index contributed by atoms with van der Waals surface area (Å²) in [5.41, 5.74) is 2.05. The maximum atomic E-state index is 13.7. The van der Waals surface area contributed by atoms with Crippen LogP contribution in [0.5, 0.6) is 0 Å². The summed E-state index contributed by atoms with van der Waals surface area (Å²) in [7, 11) is -7.06. The maximum Gasteiger partial charge on any atom is 0.245 e. The van der Waals surface area contributed by atoms with Crippen molar-refractivity contribution in [3.63, 3.8) is 0 Å². The van der Waals surface area contributed by atoms with Crippen LogP contribution in [0.3, 0.4) is 0 Å². The third-order valence-corrected chi connectivity index (χ3v) is 9.34. The molecule has 1 atom stereocenters. The van der Waals surface area contributed by atoms with Crippen molar-refractivity contribution < 1.29 is 26.3 Å². The minimum atomic E-state index is -3.73. The Morgan fingerprint density at radius 2 is 1.64 bits per heavy atom. The van der Waals surface area contributed by atoms with E-state index in [4.69, 9.17) is 9.47 Å². The second-order valence-electron chi connectivity index (χ2n) is 9.29. The molecule has 1 N–H and O–H groups in total. The van der Waals surface area contributed by atoms with Gasteiger partial charge in [-0.2, -0.15) is 4.31 Å². The van der Waals surface area contributed by atoms with Gasteiger partial charge in [-0.3, -0.25) is 9.62 Å². The molecule has 0 saturated carbocycles. The summed E-state index contributed by atoms with van der Waals surface area (Å²) in [5, 5.41) is 0. The van der Waals surface area contributed by atoms with Crippen LogP contribution < -0.4 is 9.62 Å². The Labute approximate surface area is 212 Å². The predicted octanol–water partition coefficient (Wildman–Crippen LogP) is 1.82. The smallest absolute Gasteiger partial charge is 0.245 e. The van der Waals surface area contributed by atoms with E-state index in [1.165, 1.54) is 0 Å². The fourth-order valence-corrected chi connectivity index (χ4v) is 7.88. The number of hydrogen-bond donors (Lipinski definition) is 1. The Hall–Kier alpha value is -2.22. The van der Waals surface area contributed by atoms with E-state index in [0.717, 1.165) is 11.9 Å². The zero-order valence-corrected chi connectivity index (χ0v) is 22.1. The van der Waals surface area contributed by atoms with Crippen molar-refractivity contribution in [2.75, 3.05) is 61.8 Å². The van der Waals surface area contributed by atoms with Crippen LogP contribution in [0.1, 0.15) is 18.9 Å². The summed E-state index contributed by atoms with van der Waals surface area (Å²) >= 11 is 0. The van der Waals surface area contributed by atoms with Crippen molar-refractivity contribution in [1.82, 2.24) is 9.21 Å². The highest BCUT2D eigenvalue weighted by molar-refractivity contribution is 7.92. The number of ether oxygens (including phenoxy) is 2. The molecule has 3 aliphatic heterocycles. The molecule has 0 bridgehead atoms. The number of rotatable bonds is 6. The number of piperazine rings is 1. The van der Waals surface area contributed by atoms with Gasteiger partial charge in [0.25, 0.3) is 0 Å². The van der Waals surface area contributed by atoms with E-state index < -0.39 is 32.0 Å². The van der Waals surface area contributed by atoms with Crippen LogP contribution in [-0.2, 0) is 35.3 Å². The molecule has 2 saturated heterocycles. The molecule has 3 heterocycles. The lowest BCUT2D eigenvalue weighted by Crippen LogP contribution is -2.67. The molecule has 0 amide bonds. The van der Waals surface area contributed by atoms with Crippen LogP contribution in [0.15, 0.2) is 53.4 Å². The average molecular weight is 537 g/mol. The molecule has 196 valence electrons. The largest absolute Gasteiger partial charge is 0.369 e. The van der Waals surface area contributed by atoms with E-state index in [-0.39, 0.29) is 4.90 Å². The van der Waals surface area contributed by atoms with Gasteiger partial charge in [0.1, 0.15) is 6.17 Å². The first-order valence-electron chi connectivity index (χ1n) is 12.1. The molecular weight excluding hydrogens is 504 g/mol. The van der Waals surface area contributed by atoms with Gasteiger partial charge < -0.3 is 14.4 Å². The van der Waals surface area contributed by atoms with Crippen LogP contribution in [0, 0.1) is 0 Å². The molecule has 12 heteroatoms. The molecule has 3 aliphatic rings. The normalized spacial score (nSPS) is 24.1. The highest BCUT2D eigenvalue weighted by Gasteiger charge is 2.59. The molecule has 5 rings (SSSR count). The lowest BCUT2D eigenvalue weighted by Gasteiger charge is -2.52. The lowest BCUT2D eigenvalue weighted by molar-refractivity contribution is -0.241. The number of hydrogen-bond acceptors (Lipinski definition) is 8. The van der Waals surface area contributed by atoms with Crippen molar-refractivity contribution in [2.45, 2.75) is 30.2 Å². The molecule has 0 radical (unpaired) electrons. The quantitative estimate of drug-likeness (QED) is 0.596. The number of benzene rings is 2. The van der Waals surface area contributed by atoms with Gasteiger partial charge in [-0.1, -0.05) is 25.1 Å². The highest BCUT2D eigenvalue weighted by atomic mass is 32.2. The van der Waals surface area contributed by atoms with Gasteiger partial charge in [-0.05, 0) is 36.8 Å². The summed E-state index contributed by atoms with van der Waals surface area (Å²) in [6, 6.07) is 14.3. The first kappa shape index (κ1) is 25.4. The van der Waals surface area contributed by atoms with E-state index in [1.807, 2.05) is 25.1 Å². The van der Waals surface area contributed by atoms with Crippen LogP contribution in [0.2, 0.25) is 0 Å². The number of anilines is 2. The summed E-state index contributed by atoms with van der Waals surface area (Å²) in [4.78, 5) is 4.61.